The van der Waals surface area contributed by atoms with Crippen LogP contribution in [0.25, 0.3) is 0 Å². The van der Waals surface area contributed by atoms with Crippen LogP contribution in [-0.4, -0.2) is 30.9 Å². The molecule has 1 aromatic rings. The molecule has 0 bridgehead atoms. The van der Waals surface area contributed by atoms with Crippen molar-refractivity contribution in [1.82, 2.24) is 4.31 Å². The summed E-state index contributed by atoms with van der Waals surface area (Å²) in [4.78, 5) is -0.0754. The van der Waals surface area contributed by atoms with Crippen molar-refractivity contribution in [3.63, 3.8) is 0 Å². The van der Waals surface area contributed by atoms with Crippen LogP contribution >= 0.6 is 23.2 Å². The van der Waals surface area contributed by atoms with E-state index in [1.54, 1.807) is 0 Å². The van der Waals surface area contributed by atoms with E-state index in [1.807, 2.05) is 0 Å². The van der Waals surface area contributed by atoms with Crippen molar-refractivity contribution in [2.45, 2.75) is 24.3 Å². The highest BCUT2D eigenvalue weighted by Crippen LogP contribution is 2.35. The van der Waals surface area contributed by atoms with Gasteiger partial charge in [-0.2, -0.15) is 4.31 Å². The number of benzene rings is 1. The molecular formula is C14H15Cl2NO3S. The van der Waals surface area contributed by atoms with Gasteiger partial charge in [0.05, 0.1) is 18.2 Å². The summed E-state index contributed by atoms with van der Waals surface area (Å²) in [6.45, 7) is -0.0506. The Morgan fingerprint density at radius 1 is 1.38 bits per heavy atom. The first-order valence-electron chi connectivity index (χ1n) is 6.43. The smallest absolute Gasteiger partial charge is 0.245 e. The first kappa shape index (κ1) is 16.6. The zero-order chi connectivity index (χ0) is 15.6. The molecule has 1 saturated carbocycles. The van der Waals surface area contributed by atoms with Crippen molar-refractivity contribution in [1.29, 1.82) is 0 Å². The van der Waals surface area contributed by atoms with Gasteiger partial charge in [0.1, 0.15) is 4.90 Å². The topological polar surface area (TPSA) is 57.6 Å². The van der Waals surface area contributed by atoms with Gasteiger partial charge in [-0.15, -0.1) is 6.42 Å². The number of hydrogen-bond acceptors (Lipinski definition) is 3. The van der Waals surface area contributed by atoms with Gasteiger partial charge in [-0.3, -0.25) is 0 Å². The summed E-state index contributed by atoms with van der Waals surface area (Å²) < 4.78 is 26.7. The van der Waals surface area contributed by atoms with Crippen LogP contribution in [0.2, 0.25) is 10.0 Å². The summed E-state index contributed by atoms with van der Waals surface area (Å²) in [5.74, 6) is 2.72. The quantitative estimate of drug-likeness (QED) is 0.804. The third-order valence-corrected chi connectivity index (χ3v) is 6.10. The molecular weight excluding hydrogens is 333 g/mol. The second-order valence-electron chi connectivity index (χ2n) is 4.94. The molecule has 0 spiro atoms. The van der Waals surface area contributed by atoms with Crippen molar-refractivity contribution in [2.75, 3.05) is 13.1 Å². The minimum Gasteiger partial charge on any atom is -0.392 e. The van der Waals surface area contributed by atoms with Gasteiger partial charge in [-0.1, -0.05) is 29.1 Å². The Labute approximate surface area is 134 Å². The molecule has 1 aliphatic carbocycles. The van der Waals surface area contributed by atoms with Crippen LogP contribution in [0.3, 0.4) is 0 Å². The molecule has 0 unspecified atom stereocenters. The Morgan fingerprint density at radius 3 is 2.57 bits per heavy atom. The lowest BCUT2D eigenvalue weighted by atomic mass is 10.2. The van der Waals surface area contributed by atoms with Crippen molar-refractivity contribution in [3.05, 3.63) is 27.7 Å². The van der Waals surface area contributed by atoms with Crippen LogP contribution in [-0.2, 0) is 16.6 Å². The molecule has 7 heteroatoms. The average Bonchev–Trinajstić information content (AvgIpc) is 3.22. The van der Waals surface area contributed by atoms with Crippen LogP contribution in [0.15, 0.2) is 17.0 Å². The molecule has 1 aliphatic rings. The second kappa shape index (κ2) is 6.55. The van der Waals surface area contributed by atoms with Gasteiger partial charge in [0.2, 0.25) is 10.0 Å². The van der Waals surface area contributed by atoms with E-state index in [1.165, 1.54) is 16.4 Å². The first-order valence-corrected chi connectivity index (χ1v) is 8.62. The fourth-order valence-electron chi connectivity index (χ4n) is 2.00. The molecule has 114 valence electrons. The van der Waals surface area contributed by atoms with E-state index >= 15 is 0 Å². The van der Waals surface area contributed by atoms with Crippen molar-refractivity contribution in [2.24, 2.45) is 5.92 Å². The first-order chi connectivity index (χ1) is 9.91. The molecule has 0 heterocycles. The van der Waals surface area contributed by atoms with Gasteiger partial charge in [0.15, 0.2) is 0 Å². The fraction of sp³-hybridized carbons (Fsp3) is 0.429. The summed E-state index contributed by atoms with van der Waals surface area (Å²) in [6, 6.07) is 2.76. The molecule has 1 aromatic carbocycles. The van der Waals surface area contributed by atoms with Gasteiger partial charge in [0, 0.05) is 17.1 Å². The number of nitrogens with zero attached hydrogens (tertiary/aromatic N) is 1. The SMILES string of the molecule is C#CCN(CC1CC1)S(=O)(=O)c1ccc(Cl)c(CO)c1Cl. The normalized spacial score (nSPS) is 15.2. The standard InChI is InChI=1S/C14H15Cl2NO3S/c1-2-7-17(8-10-3-4-10)21(19,20)13-6-5-12(15)11(9-18)14(13)16/h1,5-6,10,18H,3-4,7-9H2. The highest BCUT2D eigenvalue weighted by molar-refractivity contribution is 7.89. The lowest BCUT2D eigenvalue weighted by Crippen LogP contribution is -2.33. The van der Waals surface area contributed by atoms with Gasteiger partial charge >= 0.3 is 0 Å². The van der Waals surface area contributed by atoms with Crippen molar-refractivity contribution < 1.29 is 13.5 Å². The van der Waals surface area contributed by atoms with E-state index in [0.29, 0.717) is 12.5 Å². The highest BCUT2D eigenvalue weighted by atomic mass is 35.5. The molecule has 0 saturated heterocycles. The summed E-state index contributed by atoms with van der Waals surface area (Å²) in [5.41, 5.74) is 0.200. The summed E-state index contributed by atoms with van der Waals surface area (Å²) in [6.07, 6.45) is 7.28. The molecule has 0 aromatic heterocycles. The number of terminal acetylenes is 1. The van der Waals surface area contributed by atoms with E-state index in [0.717, 1.165) is 12.8 Å². The number of sulfonamides is 1. The summed E-state index contributed by atoms with van der Waals surface area (Å²) >= 11 is 12.0. The van der Waals surface area contributed by atoms with Crippen molar-refractivity contribution >= 4 is 33.2 Å². The maximum absolute atomic E-state index is 12.7. The van der Waals surface area contributed by atoms with Crippen LogP contribution < -0.4 is 0 Å². The maximum atomic E-state index is 12.7. The van der Waals surface area contributed by atoms with Crippen LogP contribution in [0, 0.1) is 18.3 Å². The highest BCUT2D eigenvalue weighted by Gasteiger charge is 2.33. The van der Waals surface area contributed by atoms with Crippen LogP contribution in [0.4, 0.5) is 0 Å². The molecule has 21 heavy (non-hydrogen) atoms. The Bertz CT molecular complexity index is 678. The van der Waals surface area contributed by atoms with E-state index in [9.17, 15) is 13.5 Å². The minimum absolute atomic E-state index is 0.00769. The van der Waals surface area contributed by atoms with Crippen LogP contribution in [0.5, 0.6) is 0 Å². The second-order valence-corrected chi connectivity index (χ2v) is 7.63. The minimum atomic E-state index is -3.81. The van der Waals surface area contributed by atoms with E-state index in [4.69, 9.17) is 29.6 Å². The average molecular weight is 348 g/mol. The van der Waals surface area contributed by atoms with E-state index in [2.05, 4.69) is 5.92 Å². The number of aliphatic hydroxyl groups excluding tert-OH is 1. The molecule has 0 atom stereocenters. The number of aliphatic hydroxyl groups is 1. The van der Waals surface area contributed by atoms with Gasteiger partial charge in [0.25, 0.3) is 0 Å². The van der Waals surface area contributed by atoms with Crippen molar-refractivity contribution in [3.8, 4) is 12.3 Å². The monoisotopic (exact) mass is 347 g/mol. The fourth-order valence-corrected chi connectivity index (χ4v) is 4.30. The Balaban J connectivity index is 2.44. The molecule has 1 N–H and O–H groups in total. The van der Waals surface area contributed by atoms with Gasteiger partial charge in [-0.05, 0) is 30.9 Å². The molecule has 4 nitrogen and oxygen atoms in total. The number of hydrogen-bond donors (Lipinski definition) is 1. The third kappa shape index (κ3) is 3.53. The van der Waals surface area contributed by atoms with E-state index in [-0.39, 0.29) is 27.0 Å². The maximum Gasteiger partial charge on any atom is 0.245 e. The van der Waals surface area contributed by atoms with Crippen LogP contribution in [0.1, 0.15) is 18.4 Å². The summed E-state index contributed by atoms with van der Waals surface area (Å²) in [7, 11) is -3.81. The molecule has 2 rings (SSSR count). The lowest BCUT2D eigenvalue weighted by molar-refractivity contribution is 0.281. The number of rotatable bonds is 6. The van der Waals surface area contributed by atoms with Gasteiger partial charge < -0.3 is 5.11 Å². The Kier molecular flexibility index (Phi) is 5.18. The molecule has 0 amide bonds. The Hall–Kier alpha value is -0.770. The molecule has 0 radical (unpaired) electrons. The predicted octanol–water partition coefficient (Wildman–Crippen LogP) is 2.52. The zero-order valence-corrected chi connectivity index (χ0v) is 13.5. The molecule has 1 fully saturated rings. The van der Waals surface area contributed by atoms with Gasteiger partial charge in [-0.25, -0.2) is 8.42 Å². The largest absolute Gasteiger partial charge is 0.392 e. The molecule has 0 aliphatic heterocycles. The predicted molar refractivity (Wildman–Crippen MR) is 82.7 cm³/mol. The summed E-state index contributed by atoms with van der Waals surface area (Å²) in [5, 5.41) is 9.45. The Morgan fingerprint density at radius 2 is 2.05 bits per heavy atom. The zero-order valence-electron chi connectivity index (χ0n) is 11.2. The van der Waals surface area contributed by atoms with E-state index < -0.39 is 16.6 Å². The third-order valence-electron chi connectivity index (χ3n) is 3.35. The lowest BCUT2D eigenvalue weighted by Gasteiger charge is -2.21. The number of halogens is 2.